The summed E-state index contributed by atoms with van der Waals surface area (Å²) in [4.78, 5) is 4.43. The second-order valence-electron chi connectivity index (χ2n) is 7.91. The maximum atomic E-state index is 6.60. The zero-order valence-electron chi connectivity index (χ0n) is 18.0. The van der Waals surface area contributed by atoms with E-state index in [1.54, 1.807) is 0 Å². The predicted octanol–water partition coefficient (Wildman–Crippen LogP) is 7.15. The normalized spacial score (nSPS) is 11.5. The molecule has 2 aromatic carbocycles. The molecule has 0 atom stereocenters. The summed E-state index contributed by atoms with van der Waals surface area (Å²) in [5.74, 6) is 2.07. The summed E-state index contributed by atoms with van der Waals surface area (Å²) in [5, 5.41) is 0. The Bertz CT molecular complexity index is 676. The average molecular weight is 475 g/mol. The van der Waals surface area contributed by atoms with Crippen molar-refractivity contribution in [3.63, 3.8) is 0 Å². The molecule has 0 bridgehead atoms. The molecular weight excluding hydrogens is 439 g/mol. The first-order valence-electron chi connectivity index (χ1n) is 10.4. The van der Waals surface area contributed by atoms with E-state index >= 15 is 0 Å². The van der Waals surface area contributed by atoms with Gasteiger partial charge in [0.25, 0.3) is 0 Å². The van der Waals surface area contributed by atoms with Gasteiger partial charge in [0.15, 0.2) is 0 Å². The van der Waals surface area contributed by atoms with E-state index in [4.69, 9.17) is 6.15 Å². The molecule has 2 rings (SSSR count). The second kappa shape index (κ2) is 10.4. The fourth-order valence-corrected chi connectivity index (χ4v) is 7.67. The SMILES string of the molecule is CCCCc1c(C)cccc1[O][Sn]([CH3])([CH3])[O]c1cccc(C)c1CCCC. The Kier molecular flexibility index (Phi) is 8.53. The van der Waals surface area contributed by atoms with Gasteiger partial charge in [0.1, 0.15) is 0 Å². The monoisotopic (exact) mass is 476 g/mol. The molecular formula is C24H36O2Sn. The van der Waals surface area contributed by atoms with Gasteiger partial charge in [-0.2, -0.15) is 0 Å². The van der Waals surface area contributed by atoms with Crippen LogP contribution in [0, 0.1) is 13.8 Å². The van der Waals surface area contributed by atoms with Crippen molar-refractivity contribution in [3.8, 4) is 11.5 Å². The van der Waals surface area contributed by atoms with Crippen LogP contribution >= 0.6 is 0 Å². The molecule has 0 amide bonds. The van der Waals surface area contributed by atoms with E-state index < -0.39 is 19.2 Å². The van der Waals surface area contributed by atoms with Crippen molar-refractivity contribution in [2.75, 3.05) is 0 Å². The van der Waals surface area contributed by atoms with E-state index in [9.17, 15) is 0 Å². The topological polar surface area (TPSA) is 18.5 Å². The van der Waals surface area contributed by atoms with Crippen molar-refractivity contribution in [2.45, 2.75) is 76.1 Å². The van der Waals surface area contributed by atoms with Gasteiger partial charge in [-0.05, 0) is 0 Å². The standard InChI is InChI=1S/2C11H16O.2CH3.Sn/c2*1-3-4-7-10-9(2)6-5-8-11(10)12;;;/h2*5-6,8,12H,3-4,7H2,1-2H3;2*1H3;/q;;;;+2/p-2. The van der Waals surface area contributed by atoms with E-state index in [0.29, 0.717) is 0 Å². The molecule has 0 aliphatic carbocycles. The van der Waals surface area contributed by atoms with Gasteiger partial charge in [0.2, 0.25) is 0 Å². The van der Waals surface area contributed by atoms with E-state index in [1.807, 2.05) is 0 Å². The summed E-state index contributed by atoms with van der Waals surface area (Å²) in [6.45, 7) is 8.84. The fraction of sp³-hybridized carbons (Fsp3) is 0.500. The Morgan fingerprint density at radius 2 is 1.11 bits per heavy atom. The van der Waals surface area contributed by atoms with E-state index in [0.717, 1.165) is 24.3 Å². The molecule has 148 valence electrons. The third kappa shape index (κ3) is 6.44. The van der Waals surface area contributed by atoms with Crippen molar-refractivity contribution >= 4 is 19.2 Å². The zero-order valence-corrected chi connectivity index (χ0v) is 20.9. The van der Waals surface area contributed by atoms with Crippen molar-refractivity contribution in [3.05, 3.63) is 58.7 Å². The molecule has 0 spiro atoms. The van der Waals surface area contributed by atoms with Crippen LogP contribution in [0.3, 0.4) is 0 Å². The molecule has 0 radical (unpaired) electrons. The third-order valence-electron chi connectivity index (χ3n) is 5.01. The van der Waals surface area contributed by atoms with Gasteiger partial charge in [-0.1, -0.05) is 0 Å². The van der Waals surface area contributed by atoms with E-state index in [2.05, 4.69) is 74.0 Å². The van der Waals surface area contributed by atoms with Crippen LogP contribution in [0.25, 0.3) is 0 Å². The fourth-order valence-electron chi connectivity index (χ4n) is 3.44. The molecule has 0 heterocycles. The van der Waals surface area contributed by atoms with Gasteiger partial charge in [0, 0.05) is 0 Å². The summed E-state index contributed by atoms with van der Waals surface area (Å²) >= 11 is -3.21. The summed E-state index contributed by atoms with van der Waals surface area (Å²) < 4.78 is 13.2. The van der Waals surface area contributed by atoms with Crippen LogP contribution in [0.2, 0.25) is 9.88 Å². The van der Waals surface area contributed by atoms with Crippen LogP contribution in [0.15, 0.2) is 36.4 Å². The molecule has 0 N–H and O–H groups in total. The molecule has 0 saturated carbocycles. The number of rotatable bonds is 10. The Labute approximate surface area is 171 Å². The Morgan fingerprint density at radius 1 is 0.704 bits per heavy atom. The van der Waals surface area contributed by atoms with Crippen LogP contribution in [-0.2, 0) is 12.8 Å². The van der Waals surface area contributed by atoms with Crippen LogP contribution in [0.4, 0.5) is 0 Å². The number of aryl methyl sites for hydroxylation is 2. The van der Waals surface area contributed by atoms with Gasteiger partial charge in [-0.25, -0.2) is 0 Å². The van der Waals surface area contributed by atoms with Crippen LogP contribution < -0.4 is 6.15 Å². The predicted molar refractivity (Wildman–Crippen MR) is 118 cm³/mol. The van der Waals surface area contributed by atoms with Crippen molar-refractivity contribution in [2.24, 2.45) is 0 Å². The molecule has 2 aromatic rings. The van der Waals surface area contributed by atoms with Crippen molar-refractivity contribution in [1.82, 2.24) is 0 Å². The van der Waals surface area contributed by atoms with Gasteiger partial charge in [-0.15, -0.1) is 0 Å². The number of benzene rings is 2. The molecule has 0 fully saturated rings. The molecule has 0 aliphatic rings. The molecule has 0 aromatic heterocycles. The zero-order chi connectivity index (χ0) is 19.9. The summed E-state index contributed by atoms with van der Waals surface area (Å²) in [6.07, 6.45) is 6.93. The Balaban J connectivity index is 2.23. The molecule has 3 heteroatoms. The number of hydrogen-bond donors (Lipinski definition) is 0. The average Bonchev–Trinajstić information content (AvgIpc) is 2.60. The van der Waals surface area contributed by atoms with Gasteiger partial charge >= 0.3 is 172 Å². The van der Waals surface area contributed by atoms with Gasteiger partial charge < -0.3 is 0 Å². The van der Waals surface area contributed by atoms with Crippen LogP contribution in [0.5, 0.6) is 11.5 Å². The Morgan fingerprint density at radius 3 is 1.48 bits per heavy atom. The molecule has 0 unspecified atom stereocenters. The molecule has 0 saturated heterocycles. The van der Waals surface area contributed by atoms with Crippen LogP contribution in [0.1, 0.15) is 61.8 Å². The molecule has 2 nitrogen and oxygen atoms in total. The maximum absolute atomic E-state index is 6.60. The molecule has 27 heavy (non-hydrogen) atoms. The minimum atomic E-state index is -3.21. The summed E-state index contributed by atoms with van der Waals surface area (Å²) in [6, 6.07) is 12.8. The molecule has 0 aliphatic heterocycles. The van der Waals surface area contributed by atoms with Crippen molar-refractivity contribution in [1.29, 1.82) is 0 Å². The minimum absolute atomic E-state index is 1.03. The van der Waals surface area contributed by atoms with Gasteiger partial charge in [-0.3, -0.25) is 0 Å². The summed E-state index contributed by atoms with van der Waals surface area (Å²) in [7, 11) is 0. The second-order valence-corrected chi connectivity index (χ2v) is 17.1. The third-order valence-corrected chi connectivity index (χ3v) is 9.07. The van der Waals surface area contributed by atoms with E-state index in [-0.39, 0.29) is 0 Å². The van der Waals surface area contributed by atoms with Crippen LogP contribution in [-0.4, -0.2) is 19.2 Å². The first-order chi connectivity index (χ1) is 12.9. The first-order valence-corrected chi connectivity index (χ1v) is 18.5. The van der Waals surface area contributed by atoms with Crippen molar-refractivity contribution < 1.29 is 6.15 Å². The Hall–Kier alpha value is -1.16. The van der Waals surface area contributed by atoms with Gasteiger partial charge in [0.05, 0.1) is 0 Å². The quantitative estimate of drug-likeness (QED) is 0.340. The first kappa shape index (κ1) is 22.1. The van der Waals surface area contributed by atoms with E-state index in [1.165, 1.54) is 47.9 Å². The number of hydrogen-bond acceptors (Lipinski definition) is 2. The summed E-state index contributed by atoms with van der Waals surface area (Å²) in [5.41, 5.74) is 5.34. The number of unbranched alkanes of at least 4 members (excludes halogenated alkanes) is 2.